The molecule has 0 atom stereocenters. The normalized spacial score (nSPS) is 24.8. The smallest absolute Gasteiger partial charge is 0.223 e. The maximum atomic E-state index is 11.7. The van der Waals surface area contributed by atoms with Crippen LogP contribution in [0.25, 0.3) is 0 Å². The molecule has 4 heteroatoms. The predicted octanol–water partition coefficient (Wildman–Crippen LogP) is 0.986. The molecule has 0 bridgehead atoms. The lowest BCUT2D eigenvalue weighted by Crippen LogP contribution is -2.37. The van der Waals surface area contributed by atoms with Crippen molar-refractivity contribution in [3.63, 3.8) is 0 Å². The van der Waals surface area contributed by atoms with E-state index in [4.69, 9.17) is 12.2 Å². The Balaban J connectivity index is 2.08. The number of carbonyl (C=O) groups is 1. The summed E-state index contributed by atoms with van der Waals surface area (Å²) in [7, 11) is 0. The topological polar surface area (TPSA) is 55.1 Å². The molecule has 0 aromatic heterocycles. The Morgan fingerprint density at radius 1 is 1.44 bits per heavy atom. The number of hydrogen-bond donors (Lipinski definition) is 2. The quantitative estimate of drug-likeness (QED) is 0.556. The molecule has 0 unspecified atom stereocenters. The SMILES string of the molecule is C#CCSCCNC(=O)C1CCC(N)CC1. The highest BCUT2D eigenvalue weighted by molar-refractivity contribution is 7.99. The van der Waals surface area contributed by atoms with Gasteiger partial charge in [-0.2, -0.15) is 0 Å². The summed E-state index contributed by atoms with van der Waals surface area (Å²) >= 11 is 1.67. The number of nitrogens with one attached hydrogen (secondary N) is 1. The molecule has 1 aliphatic carbocycles. The summed E-state index contributed by atoms with van der Waals surface area (Å²) in [4.78, 5) is 11.7. The van der Waals surface area contributed by atoms with Crippen molar-refractivity contribution in [3.05, 3.63) is 0 Å². The summed E-state index contributed by atoms with van der Waals surface area (Å²) in [5, 5.41) is 2.96. The minimum Gasteiger partial charge on any atom is -0.355 e. The van der Waals surface area contributed by atoms with Gasteiger partial charge < -0.3 is 11.1 Å². The molecule has 0 aromatic rings. The Labute approximate surface area is 102 Å². The fourth-order valence-corrected chi connectivity index (χ4v) is 2.41. The molecule has 1 rings (SSSR count). The van der Waals surface area contributed by atoms with Crippen molar-refractivity contribution in [2.45, 2.75) is 31.7 Å². The molecule has 90 valence electrons. The van der Waals surface area contributed by atoms with E-state index in [-0.39, 0.29) is 11.8 Å². The molecule has 1 saturated carbocycles. The molecule has 1 amide bonds. The highest BCUT2D eigenvalue weighted by Gasteiger charge is 2.23. The second kappa shape index (κ2) is 7.59. The average molecular weight is 240 g/mol. The Morgan fingerprint density at radius 2 is 2.12 bits per heavy atom. The fourth-order valence-electron chi connectivity index (χ4n) is 1.90. The Kier molecular flexibility index (Phi) is 6.36. The lowest BCUT2D eigenvalue weighted by Gasteiger charge is -2.25. The first-order valence-electron chi connectivity index (χ1n) is 5.78. The number of nitrogens with two attached hydrogens (primary N) is 1. The standard InChI is InChI=1S/C12H20N2OS/c1-2-8-16-9-7-14-12(15)10-3-5-11(13)6-4-10/h1,10-11H,3-9,13H2,(H,14,15). The van der Waals surface area contributed by atoms with Crippen LogP contribution in [0.1, 0.15) is 25.7 Å². The zero-order valence-electron chi connectivity index (χ0n) is 9.58. The zero-order valence-corrected chi connectivity index (χ0v) is 10.4. The van der Waals surface area contributed by atoms with Crippen LogP contribution in [0.5, 0.6) is 0 Å². The molecule has 0 radical (unpaired) electrons. The van der Waals surface area contributed by atoms with Gasteiger partial charge in [-0.25, -0.2) is 0 Å². The van der Waals surface area contributed by atoms with Crippen LogP contribution in [0.3, 0.4) is 0 Å². The zero-order chi connectivity index (χ0) is 11.8. The first-order valence-corrected chi connectivity index (χ1v) is 6.94. The van der Waals surface area contributed by atoms with E-state index in [0.29, 0.717) is 18.3 Å². The third-order valence-electron chi connectivity index (χ3n) is 2.87. The van der Waals surface area contributed by atoms with Crippen LogP contribution in [-0.2, 0) is 4.79 Å². The summed E-state index contributed by atoms with van der Waals surface area (Å²) in [6, 6.07) is 0.301. The van der Waals surface area contributed by atoms with Gasteiger partial charge in [-0.1, -0.05) is 5.92 Å². The molecule has 0 heterocycles. The van der Waals surface area contributed by atoms with E-state index in [1.807, 2.05) is 0 Å². The van der Waals surface area contributed by atoms with Gasteiger partial charge in [-0.05, 0) is 25.7 Å². The number of terminal acetylenes is 1. The predicted molar refractivity (Wildman–Crippen MR) is 69.1 cm³/mol. The lowest BCUT2D eigenvalue weighted by atomic mass is 9.86. The summed E-state index contributed by atoms with van der Waals surface area (Å²) in [6.07, 6.45) is 8.95. The fraction of sp³-hybridized carbons (Fsp3) is 0.750. The molecule has 1 fully saturated rings. The van der Waals surface area contributed by atoms with Gasteiger partial charge in [0.2, 0.25) is 5.91 Å². The number of rotatable bonds is 5. The number of amides is 1. The first-order chi connectivity index (χ1) is 7.74. The van der Waals surface area contributed by atoms with Crippen molar-refractivity contribution in [1.29, 1.82) is 0 Å². The van der Waals surface area contributed by atoms with Crippen molar-refractivity contribution >= 4 is 17.7 Å². The molecule has 16 heavy (non-hydrogen) atoms. The van der Waals surface area contributed by atoms with Crippen LogP contribution in [0, 0.1) is 18.3 Å². The van der Waals surface area contributed by atoms with E-state index in [1.54, 1.807) is 11.8 Å². The third-order valence-corrected chi connectivity index (χ3v) is 3.74. The van der Waals surface area contributed by atoms with Crippen LogP contribution >= 0.6 is 11.8 Å². The van der Waals surface area contributed by atoms with E-state index < -0.39 is 0 Å². The monoisotopic (exact) mass is 240 g/mol. The second-order valence-electron chi connectivity index (χ2n) is 4.16. The number of carbonyl (C=O) groups excluding carboxylic acids is 1. The summed E-state index contributed by atoms with van der Waals surface area (Å²) < 4.78 is 0. The molecule has 0 aliphatic heterocycles. The van der Waals surface area contributed by atoms with Crippen molar-refractivity contribution in [3.8, 4) is 12.3 Å². The highest BCUT2D eigenvalue weighted by atomic mass is 32.2. The number of thioether (sulfide) groups is 1. The van der Waals surface area contributed by atoms with Crippen LogP contribution in [0.4, 0.5) is 0 Å². The molecule has 3 nitrogen and oxygen atoms in total. The van der Waals surface area contributed by atoms with E-state index in [2.05, 4.69) is 11.2 Å². The minimum absolute atomic E-state index is 0.178. The lowest BCUT2D eigenvalue weighted by molar-refractivity contribution is -0.125. The second-order valence-corrected chi connectivity index (χ2v) is 5.26. The first kappa shape index (κ1) is 13.4. The Hall–Kier alpha value is -0.660. The van der Waals surface area contributed by atoms with E-state index in [1.165, 1.54) is 0 Å². The Morgan fingerprint density at radius 3 is 2.75 bits per heavy atom. The van der Waals surface area contributed by atoms with Gasteiger partial charge in [0.25, 0.3) is 0 Å². The molecule has 0 aromatic carbocycles. The number of hydrogen-bond acceptors (Lipinski definition) is 3. The van der Waals surface area contributed by atoms with Crippen molar-refractivity contribution in [2.75, 3.05) is 18.1 Å². The summed E-state index contributed by atoms with van der Waals surface area (Å²) in [6.45, 7) is 0.716. The van der Waals surface area contributed by atoms with Gasteiger partial charge in [-0.15, -0.1) is 18.2 Å². The third kappa shape index (κ3) is 4.91. The maximum absolute atomic E-state index is 11.7. The van der Waals surface area contributed by atoms with E-state index >= 15 is 0 Å². The van der Waals surface area contributed by atoms with Crippen LogP contribution in [0.2, 0.25) is 0 Å². The van der Waals surface area contributed by atoms with Gasteiger partial charge in [-0.3, -0.25) is 4.79 Å². The van der Waals surface area contributed by atoms with Crippen LogP contribution < -0.4 is 11.1 Å². The highest BCUT2D eigenvalue weighted by Crippen LogP contribution is 2.22. The molecule has 0 saturated heterocycles. The van der Waals surface area contributed by atoms with Crippen molar-refractivity contribution < 1.29 is 4.79 Å². The van der Waals surface area contributed by atoms with Gasteiger partial charge in [0.1, 0.15) is 0 Å². The summed E-state index contributed by atoms with van der Waals surface area (Å²) in [5.74, 6) is 4.53. The molecular formula is C12H20N2OS. The molecule has 1 aliphatic rings. The van der Waals surface area contributed by atoms with Crippen LogP contribution in [0.15, 0.2) is 0 Å². The molecular weight excluding hydrogens is 220 g/mol. The van der Waals surface area contributed by atoms with Crippen molar-refractivity contribution in [2.24, 2.45) is 11.7 Å². The van der Waals surface area contributed by atoms with Gasteiger partial charge in [0, 0.05) is 24.3 Å². The average Bonchev–Trinajstić information content (AvgIpc) is 2.29. The van der Waals surface area contributed by atoms with Crippen LogP contribution in [-0.4, -0.2) is 30.0 Å². The minimum atomic E-state index is 0.178. The van der Waals surface area contributed by atoms with Crippen molar-refractivity contribution in [1.82, 2.24) is 5.32 Å². The molecule has 0 spiro atoms. The van der Waals surface area contributed by atoms with E-state index in [9.17, 15) is 4.79 Å². The van der Waals surface area contributed by atoms with Gasteiger partial charge in [0.15, 0.2) is 0 Å². The molecule has 3 N–H and O–H groups in total. The largest absolute Gasteiger partial charge is 0.355 e. The van der Waals surface area contributed by atoms with Gasteiger partial charge >= 0.3 is 0 Å². The van der Waals surface area contributed by atoms with Gasteiger partial charge in [0.05, 0.1) is 5.75 Å². The summed E-state index contributed by atoms with van der Waals surface area (Å²) in [5.41, 5.74) is 5.80. The Bertz CT molecular complexity index is 254. The van der Waals surface area contributed by atoms with E-state index in [0.717, 1.165) is 31.4 Å². The maximum Gasteiger partial charge on any atom is 0.223 e.